The van der Waals surface area contributed by atoms with Crippen LogP contribution in [0.25, 0.3) is 0 Å². The molecule has 0 spiro atoms. The third-order valence-electron chi connectivity index (χ3n) is 2.94. The summed E-state index contributed by atoms with van der Waals surface area (Å²) in [6, 6.07) is 0. The lowest BCUT2D eigenvalue weighted by molar-refractivity contribution is 0.354. The second-order valence-electron chi connectivity index (χ2n) is 4.21. The molecule has 0 aromatic carbocycles. The van der Waals surface area contributed by atoms with E-state index in [1.54, 1.807) is 0 Å². The third-order valence-corrected chi connectivity index (χ3v) is 2.94. The highest BCUT2D eigenvalue weighted by Gasteiger charge is 2.18. The number of nitrogens with one attached hydrogen (secondary N) is 2. The van der Waals surface area contributed by atoms with Gasteiger partial charge in [-0.2, -0.15) is 0 Å². The monoisotopic (exact) mass is 184 g/mol. The normalized spacial score (nSPS) is 20.8. The molecule has 0 aromatic rings. The van der Waals surface area contributed by atoms with E-state index in [1.165, 1.54) is 32.1 Å². The fraction of sp³-hybridized carbons (Fsp3) is 1.00. The van der Waals surface area contributed by atoms with Crippen molar-refractivity contribution < 1.29 is 0 Å². The lowest BCUT2D eigenvalue weighted by Gasteiger charge is -2.19. The predicted octanol–water partition coefficient (Wildman–Crippen LogP) is 2.11. The van der Waals surface area contributed by atoms with E-state index >= 15 is 0 Å². The Hall–Kier alpha value is -0.0800. The summed E-state index contributed by atoms with van der Waals surface area (Å²) in [5.41, 5.74) is 0. The summed E-state index contributed by atoms with van der Waals surface area (Å²) in [5.74, 6) is 0.791. The molecule has 1 saturated heterocycles. The molecule has 0 saturated carbocycles. The second-order valence-corrected chi connectivity index (χ2v) is 4.21. The van der Waals surface area contributed by atoms with Crippen molar-refractivity contribution in [2.75, 3.05) is 13.1 Å². The van der Waals surface area contributed by atoms with Gasteiger partial charge in [0.15, 0.2) is 0 Å². The fourth-order valence-electron chi connectivity index (χ4n) is 1.99. The summed E-state index contributed by atoms with van der Waals surface area (Å²) in [7, 11) is 0. The van der Waals surface area contributed by atoms with Crippen LogP contribution in [0.15, 0.2) is 0 Å². The van der Waals surface area contributed by atoms with E-state index in [0.29, 0.717) is 6.17 Å². The van der Waals surface area contributed by atoms with Crippen LogP contribution in [0.1, 0.15) is 46.0 Å². The highest BCUT2D eigenvalue weighted by Crippen LogP contribution is 2.13. The Morgan fingerprint density at radius 1 is 1.15 bits per heavy atom. The highest BCUT2D eigenvalue weighted by molar-refractivity contribution is 4.77. The van der Waals surface area contributed by atoms with Crippen LogP contribution in [0.3, 0.4) is 0 Å². The first-order chi connectivity index (χ1) is 6.34. The molecule has 2 N–H and O–H groups in total. The standard InChI is InChI=1S/C11H24N2/c1-3-4-5-6-7-10(2)11-12-8-9-13-11/h10-13H,3-9H2,1-2H3. The SMILES string of the molecule is CCCCCCC(C)C1NCCN1. The van der Waals surface area contributed by atoms with Gasteiger partial charge in [0.2, 0.25) is 0 Å². The molecule has 0 aromatic heterocycles. The third kappa shape index (κ3) is 4.10. The van der Waals surface area contributed by atoms with Crippen molar-refractivity contribution in [1.29, 1.82) is 0 Å². The Morgan fingerprint density at radius 3 is 2.46 bits per heavy atom. The molecule has 13 heavy (non-hydrogen) atoms. The molecule has 1 aliphatic heterocycles. The summed E-state index contributed by atoms with van der Waals surface area (Å²) in [5, 5.41) is 6.97. The number of unbranched alkanes of at least 4 members (excludes halogenated alkanes) is 3. The van der Waals surface area contributed by atoms with Crippen LogP contribution in [-0.4, -0.2) is 19.3 Å². The van der Waals surface area contributed by atoms with Crippen LogP contribution >= 0.6 is 0 Å². The molecule has 1 heterocycles. The Balaban J connectivity index is 1.99. The maximum atomic E-state index is 3.49. The zero-order valence-electron chi connectivity index (χ0n) is 9.10. The molecule has 2 nitrogen and oxygen atoms in total. The van der Waals surface area contributed by atoms with Gasteiger partial charge in [-0.25, -0.2) is 0 Å². The van der Waals surface area contributed by atoms with Gasteiger partial charge < -0.3 is 10.6 Å². The van der Waals surface area contributed by atoms with E-state index in [-0.39, 0.29) is 0 Å². The minimum absolute atomic E-state index is 0.585. The zero-order chi connectivity index (χ0) is 9.52. The topological polar surface area (TPSA) is 24.1 Å². The van der Waals surface area contributed by atoms with Gasteiger partial charge in [0, 0.05) is 13.1 Å². The van der Waals surface area contributed by atoms with Gasteiger partial charge in [0.25, 0.3) is 0 Å². The zero-order valence-corrected chi connectivity index (χ0v) is 9.10. The number of rotatable bonds is 6. The van der Waals surface area contributed by atoms with Crippen LogP contribution in [-0.2, 0) is 0 Å². The van der Waals surface area contributed by atoms with Crippen LogP contribution < -0.4 is 10.6 Å². The Kier molecular flexibility index (Phi) is 5.40. The Bertz CT molecular complexity index is 119. The van der Waals surface area contributed by atoms with Crippen molar-refractivity contribution in [3.8, 4) is 0 Å². The predicted molar refractivity (Wildman–Crippen MR) is 57.7 cm³/mol. The second kappa shape index (κ2) is 6.39. The maximum absolute atomic E-state index is 3.49. The van der Waals surface area contributed by atoms with E-state index in [2.05, 4.69) is 24.5 Å². The average Bonchev–Trinajstić information content (AvgIpc) is 2.65. The molecular weight excluding hydrogens is 160 g/mol. The van der Waals surface area contributed by atoms with Crippen molar-refractivity contribution in [3.63, 3.8) is 0 Å². The molecule has 1 aliphatic rings. The largest absolute Gasteiger partial charge is 0.300 e. The molecule has 1 unspecified atom stereocenters. The lowest BCUT2D eigenvalue weighted by Crippen LogP contribution is -2.37. The average molecular weight is 184 g/mol. The summed E-state index contributed by atoms with van der Waals surface area (Å²) in [6.07, 6.45) is 7.50. The minimum Gasteiger partial charge on any atom is -0.300 e. The van der Waals surface area contributed by atoms with Crippen molar-refractivity contribution in [1.82, 2.24) is 10.6 Å². The van der Waals surface area contributed by atoms with Gasteiger partial charge in [-0.15, -0.1) is 0 Å². The Morgan fingerprint density at radius 2 is 1.85 bits per heavy atom. The molecule has 1 atom stereocenters. The minimum atomic E-state index is 0.585. The van der Waals surface area contributed by atoms with Crippen molar-refractivity contribution in [2.24, 2.45) is 5.92 Å². The van der Waals surface area contributed by atoms with Gasteiger partial charge in [0.05, 0.1) is 6.17 Å². The molecule has 0 radical (unpaired) electrons. The van der Waals surface area contributed by atoms with Gasteiger partial charge in [-0.3, -0.25) is 0 Å². The maximum Gasteiger partial charge on any atom is 0.0598 e. The molecule has 2 heteroatoms. The smallest absolute Gasteiger partial charge is 0.0598 e. The quantitative estimate of drug-likeness (QED) is 0.618. The van der Waals surface area contributed by atoms with Gasteiger partial charge in [-0.05, 0) is 12.3 Å². The first-order valence-corrected chi connectivity index (χ1v) is 5.81. The highest BCUT2D eigenvalue weighted by atomic mass is 15.2. The van der Waals surface area contributed by atoms with Gasteiger partial charge in [-0.1, -0.05) is 39.5 Å². The van der Waals surface area contributed by atoms with Crippen molar-refractivity contribution >= 4 is 0 Å². The lowest BCUT2D eigenvalue weighted by atomic mass is 10.00. The molecule has 0 amide bonds. The Labute approximate surface area is 82.5 Å². The number of hydrogen-bond acceptors (Lipinski definition) is 2. The summed E-state index contributed by atoms with van der Waals surface area (Å²) in [4.78, 5) is 0. The van der Waals surface area contributed by atoms with Crippen molar-refractivity contribution in [3.05, 3.63) is 0 Å². The molecule has 1 rings (SSSR count). The summed E-state index contributed by atoms with van der Waals surface area (Å²) < 4.78 is 0. The van der Waals surface area contributed by atoms with E-state index in [1.807, 2.05) is 0 Å². The van der Waals surface area contributed by atoms with E-state index in [9.17, 15) is 0 Å². The molecule has 78 valence electrons. The van der Waals surface area contributed by atoms with Crippen LogP contribution in [0, 0.1) is 5.92 Å². The first kappa shape index (κ1) is 11.0. The van der Waals surface area contributed by atoms with E-state index in [0.717, 1.165) is 19.0 Å². The van der Waals surface area contributed by atoms with Crippen LogP contribution in [0.5, 0.6) is 0 Å². The molecule has 0 bridgehead atoms. The molecule has 0 aliphatic carbocycles. The van der Waals surface area contributed by atoms with E-state index in [4.69, 9.17) is 0 Å². The number of hydrogen-bond donors (Lipinski definition) is 2. The fourth-order valence-corrected chi connectivity index (χ4v) is 1.99. The molecule has 1 fully saturated rings. The van der Waals surface area contributed by atoms with Crippen LogP contribution in [0.2, 0.25) is 0 Å². The van der Waals surface area contributed by atoms with E-state index < -0.39 is 0 Å². The first-order valence-electron chi connectivity index (χ1n) is 5.81. The van der Waals surface area contributed by atoms with Gasteiger partial charge >= 0.3 is 0 Å². The van der Waals surface area contributed by atoms with Crippen molar-refractivity contribution in [2.45, 2.75) is 52.1 Å². The molecular formula is C11H24N2. The summed E-state index contributed by atoms with van der Waals surface area (Å²) >= 11 is 0. The van der Waals surface area contributed by atoms with Gasteiger partial charge in [0.1, 0.15) is 0 Å². The summed E-state index contributed by atoms with van der Waals surface area (Å²) in [6.45, 7) is 6.90. The van der Waals surface area contributed by atoms with Crippen LogP contribution in [0.4, 0.5) is 0 Å².